The first-order valence-corrected chi connectivity index (χ1v) is 13.9. The highest BCUT2D eigenvalue weighted by Gasteiger charge is 2.29. The smallest absolute Gasteiger partial charge is 0.303 e. The van der Waals surface area contributed by atoms with Gasteiger partial charge in [-0.3, -0.25) is 9.59 Å². The molecule has 0 aliphatic carbocycles. The number of rotatable bonds is 4. The Morgan fingerprint density at radius 3 is 2.02 bits per heavy atom. The summed E-state index contributed by atoms with van der Waals surface area (Å²) < 4.78 is 0. The highest BCUT2D eigenvalue weighted by Crippen LogP contribution is 2.40. The van der Waals surface area contributed by atoms with E-state index in [2.05, 4.69) is 46.5 Å². The molecule has 0 fully saturated rings. The summed E-state index contributed by atoms with van der Waals surface area (Å²) in [4.78, 5) is 28.4. The highest BCUT2D eigenvalue weighted by atomic mass is 35.5. The van der Waals surface area contributed by atoms with Crippen molar-refractivity contribution < 1.29 is 24.9 Å². The number of aromatic hydroxyl groups is 1. The van der Waals surface area contributed by atoms with E-state index in [0.717, 1.165) is 27.8 Å². The quantitative estimate of drug-likeness (QED) is 0.328. The fraction of sp³-hybridized carbons (Fsp3) is 0.364. The van der Waals surface area contributed by atoms with Crippen molar-refractivity contribution >= 4 is 34.9 Å². The van der Waals surface area contributed by atoms with Gasteiger partial charge >= 0.3 is 5.97 Å². The molecule has 1 atom stereocenters. The van der Waals surface area contributed by atoms with E-state index < -0.39 is 18.1 Å². The van der Waals surface area contributed by atoms with E-state index in [4.69, 9.17) is 16.7 Å². The van der Waals surface area contributed by atoms with Gasteiger partial charge in [0.2, 0.25) is 6.23 Å². The van der Waals surface area contributed by atoms with Crippen LogP contribution in [-0.2, 0) is 26.8 Å². The number of hydrogen-bond acceptors (Lipinski definition) is 5. The standard InChI is InChI=1S/C17H26O3.C16H13ClN2O2/c1-16(2,3)12-9-11(7-8-14(18)19)10-13(15(12)20)17(4,5)6;1-19-13-8-7-11(17)9-12(13)14(18-15(20)16(19)21)10-5-3-2-4-6-10/h9-10,20H,7-8H2,1-6H3,(H,18,19);2-9,15,20H,1H3. The number of hydrogen-bond donors (Lipinski definition) is 3. The minimum atomic E-state index is -1.42. The number of aliphatic hydroxyl groups excluding tert-OH is 1. The van der Waals surface area contributed by atoms with E-state index in [1.54, 1.807) is 25.2 Å². The minimum Gasteiger partial charge on any atom is -0.507 e. The molecule has 4 rings (SSSR count). The molecule has 41 heavy (non-hydrogen) atoms. The fourth-order valence-corrected chi connectivity index (χ4v) is 4.76. The summed E-state index contributed by atoms with van der Waals surface area (Å²) in [7, 11) is 1.61. The van der Waals surface area contributed by atoms with Crippen LogP contribution in [0.25, 0.3) is 0 Å². The zero-order valence-electron chi connectivity index (χ0n) is 24.7. The molecule has 1 aliphatic rings. The number of aliphatic imine (C=N–C) groups is 1. The lowest BCUT2D eigenvalue weighted by Gasteiger charge is -2.28. The molecule has 3 N–H and O–H groups in total. The van der Waals surface area contributed by atoms with Gasteiger partial charge in [-0.2, -0.15) is 0 Å². The summed E-state index contributed by atoms with van der Waals surface area (Å²) >= 11 is 6.08. The summed E-state index contributed by atoms with van der Waals surface area (Å²) in [5, 5.41) is 29.9. The molecule has 0 aromatic heterocycles. The number of benzene rings is 3. The Hall–Kier alpha value is -3.68. The first kappa shape index (κ1) is 31.8. The normalized spacial score (nSPS) is 15.3. The van der Waals surface area contributed by atoms with Gasteiger partial charge < -0.3 is 20.2 Å². The van der Waals surface area contributed by atoms with Crippen molar-refractivity contribution in [2.24, 2.45) is 4.99 Å². The first-order valence-electron chi connectivity index (χ1n) is 13.5. The van der Waals surface area contributed by atoms with Gasteiger partial charge in [-0.1, -0.05) is 95.6 Å². The highest BCUT2D eigenvalue weighted by molar-refractivity contribution is 6.32. The van der Waals surface area contributed by atoms with Crippen molar-refractivity contribution in [3.63, 3.8) is 0 Å². The Labute approximate surface area is 247 Å². The Morgan fingerprint density at radius 1 is 0.951 bits per heavy atom. The number of carboxylic acids is 1. The predicted molar refractivity (Wildman–Crippen MR) is 164 cm³/mol. The topological polar surface area (TPSA) is 110 Å². The van der Waals surface area contributed by atoms with Crippen molar-refractivity contribution in [3.8, 4) is 5.75 Å². The number of fused-ring (bicyclic) bond motifs is 1. The number of carbonyl (C=O) groups is 2. The maximum absolute atomic E-state index is 12.1. The number of likely N-dealkylation sites (N-methyl/N-ethyl adjacent to an activating group) is 1. The van der Waals surface area contributed by atoms with Crippen LogP contribution in [0.5, 0.6) is 5.75 Å². The molecular formula is C33H39ClN2O5. The zero-order valence-corrected chi connectivity index (χ0v) is 25.5. The number of benzodiazepines with no additional fused rings is 1. The Balaban J connectivity index is 0.000000226. The van der Waals surface area contributed by atoms with E-state index in [-0.39, 0.29) is 17.3 Å². The van der Waals surface area contributed by atoms with E-state index in [0.29, 0.717) is 28.6 Å². The molecule has 1 unspecified atom stereocenters. The third-order valence-corrected chi connectivity index (χ3v) is 7.07. The van der Waals surface area contributed by atoms with Crippen LogP contribution in [-0.4, -0.2) is 46.2 Å². The van der Waals surface area contributed by atoms with Crippen LogP contribution in [0.4, 0.5) is 5.69 Å². The lowest BCUT2D eigenvalue weighted by molar-refractivity contribution is -0.137. The third-order valence-electron chi connectivity index (χ3n) is 6.84. The number of aliphatic carboxylic acids is 1. The van der Waals surface area contributed by atoms with Gasteiger partial charge in [0, 0.05) is 29.6 Å². The van der Waals surface area contributed by atoms with Gasteiger partial charge in [0.05, 0.1) is 11.4 Å². The number of aryl methyl sites for hydroxylation is 1. The number of halogens is 1. The minimum absolute atomic E-state index is 0.109. The SMILES string of the molecule is CC(C)(C)c1cc(CCC(=O)O)cc(C(C)(C)C)c1O.CN1C(=O)C(O)N=C(c2ccccc2)c2cc(Cl)ccc21. The second-order valence-corrected chi connectivity index (χ2v) is 12.6. The lowest BCUT2D eigenvalue weighted by atomic mass is 9.78. The van der Waals surface area contributed by atoms with E-state index >= 15 is 0 Å². The number of nitrogens with zero attached hydrogens (tertiary/aromatic N) is 2. The number of phenols is 1. The van der Waals surface area contributed by atoms with Gasteiger partial charge in [0.1, 0.15) is 5.75 Å². The monoisotopic (exact) mass is 578 g/mol. The molecule has 1 heterocycles. The van der Waals surface area contributed by atoms with Crippen LogP contribution in [0.15, 0.2) is 65.7 Å². The molecule has 1 amide bonds. The van der Waals surface area contributed by atoms with Crippen LogP contribution < -0.4 is 4.90 Å². The molecule has 8 heteroatoms. The van der Waals surface area contributed by atoms with Gasteiger partial charge in [-0.05, 0) is 52.1 Å². The summed E-state index contributed by atoms with van der Waals surface area (Å²) in [6.07, 6.45) is -0.823. The molecule has 0 spiro atoms. The summed E-state index contributed by atoms with van der Waals surface area (Å²) in [5.74, 6) is -0.929. The van der Waals surface area contributed by atoms with Crippen molar-refractivity contribution in [2.75, 3.05) is 11.9 Å². The number of anilines is 1. The molecule has 0 radical (unpaired) electrons. The number of carbonyl (C=O) groups excluding carboxylic acids is 1. The van der Waals surface area contributed by atoms with Crippen LogP contribution in [0.1, 0.15) is 75.8 Å². The summed E-state index contributed by atoms with van der Waals surface area (Å²) in [5.41, 5.74) is 5.15. The van der Waals surface area contributed by atoms with Crippen LogP contribution in [0.2, 0.25) is 5.02 Å². The van der Waals surface area contributed by atoms with Gasteiger partial charge in [-0.25, -0.2) is 4.99 Å². The van der Waals surface area contributed by atoms with Crippen molar-refractivity contribution in [1.29, 1.82) is 0 Å². The maximum Gasteiger partial charge on any atom is 0.303 e. The van der Waals surface area contributed by atoms with Gasteiger partial charge in [0.15, 0.2) is 0 Å². The number of phenolic OH excluding ortho intramolecular Hbond substituents is 1. The second kappa shape index (κ2) is 12.5. The maximum atomic E-state index is 12.1. The van der Waals surface area contributed by atoms with Crippen molar-refractivity contribution in [3.05, 3.63) is 93.5 Å². The summed E-state index contributed by atoms with van der Waals surface area (Å²) in [6, 6.07) is 18.5. The van der Waals surface area contributed by atoms with Gasteiger partial charge in [-0.15, -0.1) is 0 Å². The van der Waals surface area contributed by atoms with Gasteiger partial charge in [0.25, 0.3) is 5.91 Å². The second-order valence-electron chi connectivity index (χ2n) is 12.2. The third kappa shape index (κ3) is 7.75. The van der Waals surface area contributed by atoms with E-state index in [1.807, 2.05) is 42.5 Å². The molecule has 0 saturated heterocycles. The number of aliphatic hydroxyl groups is 1. The molecule has 0 saturated carbocycles. The van der Waals surface area contributed by atoms with Crippen LogP contribution in [0, 0.1) is 0 Å². The molecule has 7 nitrogen and oxygen atoms in total. The fourth-order valence-electron chi connectivity index (χ4n) is 4.59. The average Bonchev–Trinajstić information content (AvgIpc) is 2.97. The molecule has 1 aliphatic heterocycles. The molecular weight excluding hydrogens is 540 g/mol. The van der Waals surface area contributed by atoms with Crippen molar-refractivity contribution in [1.82, 2.24) is 0 Å². The Bertz CT molecular complexity index is 1420. The summed E-state index contributed by atoms with van der Waals surface area (Å²) in [6.45, 7) is 12.3. The molecule has 3 aromatic carbocycles. The molecule has 218 valence electrons. The van der Waals surface area contributed by atoms with E-state index in [9.17, 15) is 19.8 Å². The van der Waals surface area contributed by atoms with Crippen LogP contribution >= 0.6 is 11.6 Å². The lowest BCUT2D eigenvalue weighted by Crippen LogP contribution is -2.34. The average molecular weight is 579 g/mol. The van der Waals surface area contributed by atoms with E-state index in [1.165, 1.54) is 4.90 Å². The Morgan fingerprint density at radius 2 is 1.51 bits per heavy atom. The Kier molecular flexibility index (Phi) is 9.67. The molecule has 0 bridgehead atoms. The predicted octanol–water partition coefficient (Wildman–Crippen LogP) is 6.48. The van der Waals surface area contributed by atoms with Crippen LogP contribution in [0.3, 0.4) is 0 Å². The zero-order chi connectivity index (χ0) is 30.7. The van der Waals surface area contributed by atoms with Crippen molar-refractivity contribution in [2.45, 2.75) is 71.4 Å². The number of amides is 1. The largest absolute Gasteiger partial charge is 0.507 e. The molecule has 3 aromatic rings. The number of carboxylic acid groups (broad SMARTS) is 1. The first-order chi connectivity index (χ1) is 19.0.